The SMILES string of the molecule is CN(C(=O)c1csc(C#CCN)c1)C1CCCC1. The highest BCUT2D eigenvalue weighted by Crippen LogP contribution is 2.24. The first-order chi connectivity index (χ1) is 8.72. The third-order valence-electron chi connectivity index (χ3n) is 3.35. The normalized spacial score (nSPS) is 15.2. The van der Waals surface area contributed by atoms with Gasteiger partial charge in [0.25, 0.3) is 5.91 Å². The van der Waals surface area contributed by atoms with Gasteiger partial charge in [-0.15, -0.1) is 11.3 Å². The second kappa shape index (κ2) is 6.03. The Kier molecular flexibility index (Phi) is 4.40. The van der Waals surface area contributed by atoms with E-state index in [9.17, 15) is 4.79 Å². The van der Waals surface area contributed by atoms with Crippen molar-refractivity contribution < 1.29 is 4.79 Å². The number of nitrogens with two attached hydrogens (primary N) is 1. The van der Waals surface area contributed by atoms with E-state index in [1.54, 1.807) is 0 Å². The monoisotopic (exact) mass is 262 g/mol. The Hall–Kier alpha value is -1.31. The van der Waals surface area contributed by atoms with Crippen LogP contribution in [0.25, 0.3) is 0 Å². The summed E-state index contributed by atoms with van der Waals surface area (Å²) in [5, 5.41) is 1.88. The van der Waals surface area contributed by atoms with Gasteiger partial charge in [-0.05, 0) is 18.9 Å². The lowest BCUT2D eigenvalue weighted by Crippen LogP contribution is -2.34. The molecule has 1 aromatic heterocycles. The van der Waals surface area contributed by atoms with Crippen LogP contribution >= 0.6 is 11.3 Å². The van der Waals surface area contributed by atoms with Gasteiger partial charge in [-0.3, -0.25) is 4.79 Å². The van der Waals surface area contributed by atoms with Crippen LogP contribution < -0.4 is 5.73 Å². The number of carbonyl (C=O) groups is 1. The molecule has 2 rings (SSSR count). The van der Waals surface area contributed by atoms with Crippen LogP contribution in [0.15, 0.2) is 11.4 Å². The lowest BCUT2D eigenvalue weighted by Gasteiger charge is -2.23. The molecule has 18 heavy (non-hydrogen) atoms. The molecule has 1 amide bonds. The third-order valence-corrected chi connectivity index (χ3v) is 4.20. The number of thiophene rings is 1. The fourth-order valence-electron chi connectivity index (χ4n) is 2.31. The molecule has 0 spiro atoms. The molecule has 1 heterocycles. The van der Waals surface area contributed by atoms with E-state index in [-0.39, 0.29) is 5.91 Å². The summed E-state index contributed by atoms with van der Waals surface area (Å²) in [5.74, 6) is 5.88. The highest BCUT2D eigenvalue weighted by Gasteiger charge is 2.24. The van der Waals surface area contributed by atoms with E-state index in [0.29, 0.717) is 12.6 Å². The second-order valence-corrected chi connectivity index (χ2v) is 5.47. The average Bonchev–Trinajstić information content (AvgIpc) is 3.05. The van der Waals surface area contributed by atoms with Crippen molar-refractivity contribution in [1.82, 2.24) is 4.90 Å². The molecule has 1 saturated carbocycles. The van der Waals surface area contributed by atoms with Crippen LogP contribution in [0.1, 0.15) is 40.9 Å². The Morgan fingerprint density at radius 3 is 2.94 bits per heavy atom. The quantitative estimate of drug-likeness (QED) is 0.829. The molecule has 0 aromatic carbocycles. The van der Waals surface area contributed by atoms with Gasteiger partial charge in [0.1, 0.15) is 0 Å². The van der Waals surface area contributed by atoms with Gasteiger partial charge in [0.15, 0.2) is 0 Å². The van der Waals surface area contributed by atoms with Crippen molar-refractivity contribution in [2.45, 2.75) is 31.7 Å². The predicted molar refractivity (Wildman–Crippen MR) is 74.6 cm³/mol. The summed E-state index contributed by atoms with van der Waals surface area (Å²) in [6, 6.07) is 2.28. The van der Waals surface area contributed by atoms with Crippen molar-refractivity contribution in [2.75, 3.05) is 13.6 Å². The van der Waals surface area contributed by atoms with Gasteiger partial charge in [0, 0.05) is 18.5 Å². The maximum absolute atomic E-state index is 12.3. The number of hydrogen-bond donors (Lipinski definition) is 1. The van der Waals surface area contributed by atoms with Gasteiger partial charge in [-0.1, -0.05) is 24.7 Å². The molecule has 0 aliphatic heterocycles. The van der Waals surface area contributed by atoms with Crippen molar-refractivity contribution in [3.05, 3.63) is 21.9 Å². The van der Waals surface area contributed by atoms with Gasteiger partial charge in [0.2, 0.25) is 0 Å². The van der Waals surface area contributed by atoms with Crippen LogP contribution in [-0.4, -0.2) is 30.4 Å². The van der Waals surface area contributed by atoms with Crippen molar-refractivity contribution in [2.24, 2.45) is 5.73 Å². The molecule has 96 valence electrons. The number of amides is 1. The first-order valence-corrected chi connectivity index (χ1v) is 7.15. The summed E-state index contributed by atoms with van der Waals surface area (Å²) < 4.78 is 0. The Balaban J connectivity index is 2.06. The zero-order valence-corrected chi connectivity index (χ0v) is 11.4. The lowest BCUT2D eigenvalue weighted by molar-refractivity contribution is 0.0735. The molecule has 0 atom stereocenters. The van der Waals surface area contributed by atoms with E-state index < -0.39 is 0 Å². The van der Waals surface area contributed by atoms with Crippen LogP contribution in [0.4, 0.5) is 0 Å². The van der Waals surface area contributed by atoms with Crippen LogP contribution in [0.5, 0.6) is 0 Å². The standard InChI is InChI=1S/C14H18N2OS/c1-16(12-5-2-3-6-12)14(17)11-9-13(18-10-11)7-4-8-15/h9-10,12H,2-3,5-6,8,15H2,1H3. The minimum atomic E-state index is 0.110. The van der Waals surface area contributed by atoms with E-state index in [2.05, 4.69) is 11.8 Å². The minimum absolute atomic E-state index is 0.110. The molecule has 3 nitrogen and oxygen atoms in total. The van der Waals surface area contributed by atoms with E-state index >= 15 is 0 Å². The van der Waals surface area contributed by atoms with Crippen molar-refractivity contribution in [1.29, 1.82) is 0 Å². The molecule has 2 N–H and O–H groups in total. The first-order valence-electron chi connectivity index (χ1n) is 6.27. The maximum atomic E-state index is 12.3. The number of nitrogens with zero attached hydrogens (tertiary/aromatic N) is 1. The number of rotatable bonds is 2. The van der Waals surface area contributed by atoms with Crippen molar-refractivity contribution >= 4 is 17.2 Å². The summed E-state index contributed by atoms with van der Waals surface area (Å²) >= 11 is 1.50. The summed E-state index contributed by atoms with van der Waals surface area (Å²) in [7, 11) is 1.90. The smallest absolute Gasteiger partial charge is 0.254 e. The highest BCUT2D eigenvalue weighted by atomic mass is 32.1. The molecule has 0 bridgehead atoms. The Labute approximate surface area is 112 Å². The molecular weight excluding hydrogens is 244 g/mol. The predicted octanol–water partition coefficient (Wildman–Crippen LogP) is 2.07. The first kappa shape index (κ1) is 13.1. The average molecular weight is 262 g/mol. The molecule has 4 heteroatoms. The number of carbonyl (C=O) groups excluding carboxylic acids is 1. The van der Waals surface area contributed by atoms with Crippen molar-refractivity contribution in [3.63, 3.8) is 0 Å². The minimum Gasteiger partial charge on any atom is -0.339 e. The second-order valence-electron chi connectivity index (χ2n) is 4.56. The van der Waals surface area contributed by atoms with Gasteiger partial charge >= 0.3 is 0 Å². The third kappa shape index (κ3) is 2.92. The van der Waals surface area contributed by atoms with Gasteiger partial charge in [-0.2, -0.15) is 0 Å². The Bertz CT molecular complexity index is 477. The Morgan fingerprint density at radius 2 is 2.28 bits per heavy atom. The topological polar surface area (TPSA) is 46.3 Å². The highest BCUT2D eigenvalue weighted by molar-refractivity contribution is 7.10. The molecule has 1 aromatic rings. The number of hydrogen-bond acceptors (Lipinski definition) is 3. The van der Waals surface area contributed by atoms with Gasteiger partial charge in [-0.25, -0.2) is 0 Å². The van der Waals surface area contributed by atoms with E-state index in [1.807, 2.05) is 23.4 Å². The van der Waals surface area contributed by atoms with Crippen molar-refractivity contribution in [3.8, 4) is 11.8 Å². The van der Waals surface area contributed by atoms with Gasteiger partial charge < -0.3 is 10.6 Å². The summed E-state index contributed by atoms with van der Waals surface area (Å²) in [6.07, 6.45) is 4.73. The fraction of sp³-hybridized carbons (Fsp3) is 0.500. The largest absolute Gasteiger partial charge is 0.339 e. The van der Waals surface area contributed by atoms with E-state index in [1.165, 1.54) is 24.2 Å². The van der Waals surface area contributed by atoms with Crippen LogP contribution in [0, 0.1) is 11.8 Å². The molecule has 1 aliphatic carbocycles. The zero-order valence-electron chi connectivity index (χ0n) is 10.6. The summed E-state index contributed by atoms with van der Waals surface area (Å²) in [6.45, 7) is 0.350. The fourth-order valence-corrected chi connectivity index (χ4v) is 3.06. The molecule has 0 radical (unpaired) electrons. The maximum Gasteiger partial charge on any atom is 0.254 e. The summed E-state index contributed by atoms with van der Waals surface area (Å²) in [4.78, 5) is 15.1. The van der Waals surface area contributed by atoms with Crippen LogP contribution in [0.3, 0.4) is 0 Å². The molecule has 1 fully saturated rings. The lowest BCUT2D eigenvalue weighted by atomic mass is 10.2. The zero-order chi connectivity index (χ0) is 13.0. The van der Waals surface area contributed by atoms with E-state index in [4.69, 9.17) is 5.73 Å². The van der Waals surface area contributed by atoms with Gasteiger partial charge in [0.05, 0.1) is 17.0 Å². The van der Waals surface area contributed by atoms with Crippen LogP contribution in [0.2, 0.25) is 0 Å². The molecule has 1 aliphatic rings. The molecule has 0 unspecified atom stereocenters. The van der Waals surface area contributed by atoms with Crippen LogP contribution in [-0.2, 0) is 0 Å². The molecular formula is C14H18N2OS. The summed E-state index contributed by atoms with van der Waals surface area (Å²) in [5.41, 5.74) is 6.08. The van der Waals surface area contributed by atoms with E-state index in [0.717, 1.165) is 23.3 Å². The Morgan fingerprint density at radius 1 is 1.56 bits per heavy atom. The molecule has 0 saturated heterocycles.